The molecule has 1 aliphatic rings. The molecule has 1 aromatic carbocycles. The zero-order valence-corrected chi connectivity index (χ0v) is 15.9. The largest absolute Gasteiger partial charge is 0.299 e. The highest BCUT2D eigenvalue weighted by molar-refractivity contribution is 7.88. The van der Waals surface area contributed by atoms with Crippen molar-refractivity contribution in [2.24, 2.45) is 5.92 Å². The van der Waals surface area contributed by atoms with Gasteiger partial charge in [0, 0.05) is 19.1 Å². The first-order valence-corrected chi connectivity index (χ1v) is 10.3. The second-order valence-electron chi connectivity index (χ2n) is 6.45. The van der Waals surface area contributed by atoms with Gasteiger partial charge in [-0.1, -0.05) is 36.2 Å². The van der Waals surface area contributed by atoms with E-state index in [1.54, 1.807) is 18.2 Å². The number of halogens is 2. The third-order valence-corrected chi connectivity index (χ3v) is 6.31. The van der Waals surface area contributed by atoms with E-state index in [4.69, 9.17) is 23.2 Å². The van der Waals surface area contributed by atoms with Crippen molar-refractivity contribution in [3.8, 4) is 0 Å². The number of rotatable bonds is 6. The van der Waals surface area contributed by atoms with Gasteiger partial charge in [0.1, 0.15) is 0 Å². The smallest absolute Gasteiger partial charge is 0.215 e. The van der Waals surface area contributed by atoms with E-state index >= 15 is 0 Å². The Morgan fingerprint density at radius 3 is 2.74 bits per heavy atom. The van der Waals surface area contributed by atoms with Gasteiger partial charge in [-0.15, -0.1) is 0 Å². The zero-order chi connectivity index (χ0) is 17.0. The summed E-state index contributed by atoms with van der Waals surface area (Å²) in [4.78, 5) is 2.36. The molecule has 0 bridgehead atoms. The Hall–Kier alpha value is -0.330. The summed E-state index contributed by atoms with van der Waals surface area (Å²) in [6.45, 7) is 6.82. The standard InChI is InChI=1S/C16H24Cl2N2O2S/c1-12-4-3-7-20(10-12)13(2)9-19-23(21,22)11-14-5-6-15(17)16(18)8-14/h5-6,8,12-13,19H,3-4,7,9-11H2,1-2H3. The van der Waals surface area contributed by atoms with E-state index < -0.39 is 10.0 Å². The summed E-state index contributed by atoms with van der Waals surface area (Å²) in [7, 11) is -3.39. The molecule has 1 fully saturated rings. The third kappa shape index (κ3) is 5.91. The highest BCUT2D eigenvalue weighted by Crippen LogP contribution is 2.23. The molecule has 0 aliphatic carbocycles. The van der Waals surface area contributed by atoms with E-state index in [1.165, 1.54) is 12.8 Å². The van der Waals surface area contributed by atoms with Crippen LogP contribution in [0, 0.1) is 5.92 Å². The zero-order valence-electron chi connectivity index (χ0n) is 13.6. The van der Waals surface area contributed by atoms with Crippen LogP contribution >= 0.6 is 23.2 Å². The van der Waals surface area contributed by atoms with E-state index in [1.807, 2.05) is 0 Å². The molecule has 23 heavy (non-hydrogen) atoms. The molecule has 2 unspecified atom stereocenters. The maximum absolute atomic E-state index is 12.2. The van der Waals surface area contributed by atoms with Gasteiger partial charge < -0.3 is 0 Å². The minimum Gasteiger partial charge on any atom is -0.299 e. The van der Waals surface area contributed by atoms with E-state index in [2.05, 4.69) is 23.5 Å². The van der Waals surface area contributed by atoms with Gasteiger partial charge in [-0.05, 0) is 49.9 Å². The molecule has 130 valence electrons. The molecule has 1 N–H and O–H groups in total. The molecule has 0 saturated carbocycles. The minimum absolute atomic E-state index is 0.0903. The Bertz CT molecular complexity index is 637. The van der Waals surface area contributed by atoms with Crippen LogP contribution in [0.4, 0.5) is 0 Å². The summed E-state index contributed by atoms with van der Waals surface area (Å²) in [5.41, 5.74) is 0.631. The number of nitrogens with one attached hydrogen (secondary N) is 1. The summed E-state index contributed by atoms with van der Waals surface area (Å²) >= 11 is 11.8. The molecule has 4 nitrogen and oxygen atoms in total. The summed E-state index contributed by atoms with van der Waals surface area (Å²) in [5, 5.41) is 0.795. The predicted octanol–water partition coefficient (Wildman–Crippen LogP) is 3.53. The minimum atomic E-state index is -3.39. The van der Waals surface area contributed by atoms with Crippen molar-refractivity contribution in [2.45, 2.75) is 38.5 Å². The molecule has 0 aromatic heterocycles. The van der Waals surface area contributed by atoms with Crippen molar-refractivity contribution in [2.75, 3.05) is 19.6 Å². The Morgan fingerprint density at radius 2 is 2.09 bits per heavy atom. The number of benzene rings is 1. The number of piperidine rings is 1. The lowest BCUT2D eigenvalue weighted by Crippen LogP contribution is -2.46. The first kappa shape index (κ1) is 19.0. The lowest BCUT2D eigenvalue weighted by molar-refractivity contribution is 0.140. The molecule has 2 atom stereocenters. The molecular weight excluding hydrogens is 355 g/mol. The van der Waals surface area contributed by atoms with Crippen LogP contribution in [0.15, 0.2) is 18.2 Å². The molecule has 2 rings (SSSR count). The Morgan fingerprint density at radius 1 is 1.35 bits per heavy atom. The average molecular weight is 379 g/mol. The van der Waals surface area contributed by atoms with Gasteiger partial charge in [0.15, 0.2) is 0 Å². The maximum atomic E-state index is 12.2. The van der Waals surface area contributed by atoms with Crippen LogP contribution in [0.2, 0.25) is 10.0 Å². The topological polar surface area (TPSA) is 49.4 Å². The average Bonchev–Trinajstić information content (AvgIpc) is 2.48. The fraction of sp³-hybridized carbons (Fsp3) is 0.625. The summed E-state index contributed by atoms with van der Waals surface area (Å²) < 4.78 is 27.2. The SMILES string of the molecule is CC1CCCN(C(C)CNS(=O)(=O)Cc2ccc(Cl)c(Cl)c2)C1. The van der Waals surface area contributed by atoms with Gasteiger partial charge in [0.2, 0.25) is 10.0 Å². The quantitative estimate of drug-likeness (QED) is 0.823. The van der Waals surface area contributed by atoms with Crippen molar-refractivity contribution in [1.29, 1.82) is 0 Å². The summed E-state index contributed by atoms with van der Waals surface area (Å²) in [5.74, 6) is 0.589. The number of hydrogen-bond donors (Lipinski definition) is 1. The van der Waals surface area contributed by atoms with E-state index in [-0.39, 0.29) is 11.8 Å². The first-order chi connectivity index (χ1) is 10.8. The molecule has 0 spiro atoms. The van der Waals surface area contributed by atoms with Gasteiger partial charge in [-0.3, -0.25) is 4.90 Å². The number of likely N-dealkylation sites (tertiary alicyclic amines) is 1. The molecule has 1 aliphatic heterocycles. The van der Waals surface area contributed by atoms with Crippen LogP contribution in [-0.2, 0) is 15.8 Å². The highest BCUT2D eigenvalue weighted by Gasteiger charge is 2.22. The molecule has 1 aromatic rings. The van der Waals surface area contributed by atoms with Crippen LogP contribution in [0.25, 0.3) is 0 Å². The molecule has 0 amide bonds. The summed E-state index contributed by atoms with van der Waals surface area (Å²) in [6.07, 6.45) is 2.44. The Labute approximate surface area is 149 Å². The predicted molar refractivity (Wildman–Crippen MR) is 96.5 cm³/mol. The van der Waals surface area contributed by atoms with Gasteiger partial charge in [-0.2, -0.15) is 0 Å². The molecule has 0 radical (unpaired) electrons. The number of nitrogens with zero attached hydrogens (tertiary/aromatic N) is 1. The van der Waals surface area contributed by atoms with E-state index in [0.29, 0.717) is 28.1 Å². The van der Waals surface area contributed by atoms with Gasteiger partial charge >= 0.3 is 0 Å². The van der Waals surface area contributed by atoms with Crippen molar-refractivity contribution in [3.05, 3.63) is 33.8 Å². The van der Waals surface area contributed by atoms with E-state index in [0.717, 1.165) is 13.1 Å². The third-order valence-electron chi connectivity index (χ3n) is 4.25. The van der Waals surface area contributed by atoms with Crippen molar-refractivity contribution < 1.29 is 8.42 Å². The molecule has 7 heteroatoms. The lowest BCUT2D eigenvalue weighted by atomic mass is 9.99. The number of hydrogen-bond acceptors (Lipinski definition) is 3. The normalized spacial score (nSPS) is 21.3. The van der Waals surface area contributed by atoms with Crippen LogP contribution in [0.5, 0.6) is 0 Å². The van der Waals surface area contributed by atoms with Gasteiger partial charge in [0.25, 0.3) is 0 Å². The fourth-order valence-corrected chi connectivity index (χ4v) is 4.44. The summed E-state index contributed by atoms with van der Waals surface area (Å²) in [6, 6.07) is 5.09. The Balaban J connectivity index is 1.89. The monoisotopic (exact) mass is 378 g/mol. The first-order valence-electron chi connectivity index (χ1n) is 7.92. The van der Waals surface area contributed by atoms with Gasteiger partial charge in [-0.25, -0.2) is 13.1 Å². The highest BCUT2D eigenvalue weighted by atomic mass is 35.5. The van der Waals surface area contributed by atoms with Crippen molar-refractivity contribution in [1.82, 2.24) is 9.62 Å². The van der Waals surface area contributed by atoms with Crippen LogP contribution < -0.4 is 4.72 Å². The number of sulfonamides is 1. The fourth-order valence-electron chi connectivity index (χ4n) is 2.90. The second-order valence-corrected chi connectivity index (χ2v) is 9.07. The molecule has 1 saturated heterocycles. The van der Waals surface area contributed by atoms with Crippen molar-refractivity contribution >= 4 is 33.2 Å². The Kier molecular flexibility index (Phi) is 6.75. The molecule has 1 heterocycles. The molecular formula is C16H24Cl2N2O2S. The van der Waals surface area contributed by atoms with Crippen LogP contribution in [-0.4, -0.2) is 39.0 Å². The van der Waals surface area contributed by atoms with Crippen molar-refractivity contribution in [3.63, 3.8) is 0 Å². The van der Waals surface area contributed by atoms with E-state index in [9.17, 15) is 8.42 Å². The van der Waals surface area contributed by atoms with Crippen LogP contribution in [0.3, 0.4) is 0 Å². The van der Waals surface area contributed by atoms with Gasteiger partial charge in [0.05, 0.1) is 15.8 Å². The van der Waals surface area contributed by atoms with Crippen LogP contribution in [0.1, 0.15) is 32.3 Å². The maximum Gasteiger partial charge on any atom is 0.215 e. The lowest BCUT2D eigenvalue weighted by Gasteiger charge is -2.35. The second kappa shape index (κ2) is 8.17.